The second kappa shape index (κ2) is 8.45. The summed E-state index contributed by atoms with van der Waals surface area (Å²) in [6, 6.07) is 13.2. The Balaban J connectivity index is 1.49. The van der Waals surface area contributed by atoms with Gasteiger partial charge in [0.15, 0.2) is 11.6 Å². The summed E-state index contributed by atoms with van der Waals surface area (Å²) in [5.74, 6) is -0.599. The number of primary sulfonamides is 1. The molecule has 10 nitrogen and oxygen atoms in total. The lowest BCUT2D eigenvalue weighted by atomic mass is 10.1. The molecule has 0 saturated heterocycles. The number of nitrogens with zero attached hydrogens (tertiary/aromatic N) is 4. The molecule has 31 heavy (non-hydrogen) atoms. The van der Waals surface area contributed by atoms with Crippen LogP contribution in [0.5, 0.6) is 0 Å². The predicted molar refractivity (Wildman–Crippen MR) is 112 cm³/mol. The number of H-pyrrole nitrogens is 1. The number of benzene rings is 2. The van der Waals surface area contributed by atoms with Gasteiger partial charge in [-0.15, -0.1) is 5.10 Å². The maximum atomic E-state index is 14.2. The third-order valence-corrected chi connectivity index (χ3v) is 5.14. The van der Waals surface area contributed by atoms with Crippen LogP contribution >= 0.6 is 0 Å². The lowest BCUT2D eigenvalue weighted by molar-refractivity contribution is 0.598. The molecule has 0 amide bonds. The topological polar surface area (TPSA) is 152 Å². The Kier molecular flexibility index (Phi) is 5.56. The third-order valence-electron chi connectivity index (χ3n) is 4.23. The summed E-state index contributed by atoms with van der Waals surface area (Å²) in [5, 5.41) is 21.2. The van der Waals surface area contributed by atoms with Crippen molar-refractivity contribution in [3.05, 3.63) is 78.0 Å². The highest BCUT2D eigenvalue weighted by molar-refractivity contribution is 7.89. The average Bonchev–Trinajstić information content (AvgIpc) is 3.25. The first-order chi connectivity index (χ1) is 14.9. The molecule has 0 fully saturated rings. The van der Waals surface area contributed by atoms with E-state index in [1.54, 1.807) is 24.4 Å². The van der Waals surface area contributed by atoms with Crippen molar-refractivity contribution in [2.75, 3.05) is 10.6 Å². The van der Waals surface area contributed by atoms with E-state index in [0.717, 1.165) is 17.5 Å². The quantitative estimate of drug-likeness (QED) is 0.342. The fourth-order valence-electron chi connectivity index (χ4n) is 2.76. The van der Waals surface area contributed by atoms with E-state index in [1.165, 1.54) is 18.2 Å². The summed E-state index contributed by atoms with van der Waals surface area (Å²) in [5.41, 5.74) is 2.84. The zero-order valence-corrected chi connectivity index (χ0v) is 16.8. The Bertz CT molecular complexity index is 1300. The number of hydrogen-bond acceptors (Lipinski definition) is 8. The number of sulfonamides is 1. The number of anilines is 4. The molecule has 12 heteroatoms. The van der Waals surface area contributed by atoms with Crippen molar-refractivity contribution in [2.45, 2.75) is 11.3 Å². The summed E-state index contributed by atoms with van der Waals surface area (Å²) in [4.78, 5) is 7.95. The monoisotopic (exact) mass is 440 g/mol. The number of halogens is 1. The first-order valence-electron chi connectivity index (χ1n) is 9.00. The van der Waals surface area contributed by atoms with Crippen LogP contribution in [0.15, 0.2) is 65.8 Å². The smallest absolute Gasteiger partial charge is 0.238 e. The van der Waals surface area contributed by atoms with Gasteiger partial charge in [0, 0.05) is 24.0 Å². The molecule has 2 aromatic carbocycles. The van der Waals surface area contributed by atoms with E-state index in [4.69, 9.17) is 5.14 Å². The standard InChI is InChI=1S/C19H17FN8O2S/c20-17-11-22-19(25-14-2-1-3-16(9-14)31(21,29)30)26-18(17)24-13-6-4-12(5-7-13)8-15-10-23-28-27-15/h1-7,9-11H,8H2,(H2,21,29,30)(H,23,27,28)(H2,22,24,25,26). The van der Waals surface area contributed by atoms with Crippen LogP contribution in [0.25, 0.3) is 0 Å². The molecule has 0 atom stereocenters. The largest absolute Gasteiger partial charge is 0.338 e. The summed E-state index contributed by atoms with van der Waals surface area (Å²) in [6.45, 7) is 0. The first kappa shape index (κ1) is 20.4. The molecule has 5 N–H and O–H groups in total. The number of nitrogens with one attached hydrogen (secondary N) is 3. The van der Waals surface area contributed by atoms with Gasteiger partial charge >= 0.3 is 0 Å². The van der Waals surface area contributed by atoms with Crippen molar-refractivity contribution in [1.82, 2.24) is 25.4 Å². The molecule has 158 valence electrons. The van der Waals surface area contributed by atoms with Crippen molar-refractivity contribution >= 4 is 33.2 Å². The zero-order valence-electron chi connectivity index (χ0n) is 15.9. The van der Waals surface area contributed by atoms with Crippen LogP contribution in [-0.4, -0.2) is 33.8 Å². The lowest BCUT2D eigenvalue weighted by Crippen LogP contribution is -2.12. The Morgan fingerprint density at radius 1 is 1.06 bits per heavy atom. The van der Waals surface area contributed by atoms with Crippen LogP contribution in [0.2, 0.25) is 0 Å². The summed E-state index contributed by atoms with van der Waals surface area (Å²) < 4.78 is 37.2. The zero-order chi connectivity index (χ0) is 21.8. The van der Waals surface area contributed by atoms with Gasteiger partial charge in [-0.2, -0.15) is 4.98 Å². The molecular weight excluding hydrogens is 423 g/mol. The van der Waals surface area contributed by atoms with Gasteiger partial charge in [-0.1, -0.05) is 23.4 Å². The van der Waals surface area contributed by atoms with Crippen molar-refractivity contribution in [3.63, 3.8) is 0 Å². The van der Waals surface area contributed by atoms with Crippen LogP contribution in [0.3, 0.4) is 0 Å². The molecule has 0 saturated carbocycles. The van der Waals surface area contributed by atoms with Gasteiger partial charge in [0.1, 0.15) is 0 Å². The highest BCUT2D eigenvalue weighted by Gasteiger charge is 2.11. The van der Waals surface area contributed by atoms with E-state index in [2.05, 4.69) is 36.0 Å². The fraction of sp³-hybridized carbons (Fsp3) is 0.0526. The Labute approximate surface area is 176 Å². The molecule has 0 bridgehead atoms. The van der Waals surface area contributed by atoms with Crippen molar-refractivity contribution in [3.8, 4) is 0 Å². The first-order valence-corrected chi connectivity index (χ1v) is 10.6. The Morgan fingerprint density at radius 3 is 2.58 bits per heavy atom. The van der Waals surface area contributed by atoms with Crippen LogP contribution < -0.4 is 15.8 Å². The molecule has 4 rings (SSSR count). The van der Waals surface area contributed by atoms with E-state index in [1.807, 2.05) is 12.1 Å². The number of hydrogen-bond donors (Lipinski definition) is 4. The van der Waals surface area contributed by atoms with E-state index in [0.29, 0.717) is 17.8 Å². The van der Waals surface area contributed by atoms with E-state index in [9.17, 15) is 12.8 Å². The molecule has 0 unspecified atom stereocenters. The molecule has 0 radical (unpaired) electrons. The Morgan fingerprint density at radius 2 is 1.87 bits per heavy atom. The van der Waals surface area contributed by atoms with Crippen molar-refractivity contribution in [1.29, 1.82) is 0 Å². The SMILES string of the molecule is NS(=O)(=O)c1cccc(Nc2ncc(F)c(Nc3ccc(Cc4c[nH]nn4)cc3)n2)c1. The minimum atomic E-state index is -3.86. The normalized spacial score (nSPS) is 11.3. The van der Waals surface area contributed by atoms with Crippen LogP contribution in [-0.2, 0) is 16.4 Å². The van der Waals surface area contributed by atoms with Gasteiger partial charge in [-0.3, -0.25) is 5.10 Å². The molecule has 0 aliphatic rings. The minimum absolute atomic E-state index is 0.0376. The van der Waals surface area contributed by atoms with Crippen LogP contribution in [0.4, 0.5) is 27.5 Å². The van der Waals surface area contributed by atoms with Gasteiger partial charge in [-0.25, -0.2) is 22.9 Å². The second-order valence-corrected chi connectivity index (χ2v) is 8.11. The summed E-state index contributed by atoms with van der Waals surface area (Å²) in [6.07, 6.45) is 3.35. The van der Waals surface area contributed by atoms with Gasteiger partial charge in [0.2, 0.25) is 16.0 Å². The van der Waals surface area contributed by atoms with Gasteiger partial charge in [-0.05, 0) is 35.9 Å². The molecule has 2 heterocycles. The van der Waals surface area contributed by atoms with Crippen molar-refractivity contribution < 1.29 is 12.8 Å². The lowest BCUT2D eigenvalue weighted by Gasteiger charge is -2.10. The van der Waals surface area contributed by atoms with Gasteiger partial charge < -0.3 is 10.6 Å². The molecule has 0 aliphatic carbocycles. The van der Waals surface area contributed by atoms with Gasteiger partial charge in [0.25, 0.3) is 0 Å². The highest BCUT2D eigenvalue weighted by atomic mass is 32.2. The number of aromatic amines is 1. The molecule has 0 aliphatic heterocycles. The number of nitrogens with two attached hydrogens (primary N) is 1. The van der Waals surface area contributed by atoms with Gasteiger partial charge in [0.05, 0.1) is 16.8 Å². The Hall–Kier alpha value is -3.90. The van der Waals surface area contributed by atoms with Crippen LogP contribution in [0, 0.1) is 5.82 Å². The minimum Gasteiger partial charge on any atom is -0.338 e. The maximum Gasteiger partial charge on any atom is 0.238 e. The maximum absolute atomic E-state index is 14.2. The van der Waals surface area contributed by atoms with E-state index < -0.39 is 15.8 Å². The summed E-state index contributed by atoms with van der Waals surface area (Å²) >= 11 is 0. The highest BCUT2D eigenvalue weighted by Crippen LogP contribution is 2.22. The molecule has 2 aromatic heterocycles. The van der Waals surface area contributed by atoms with Crippen molar-refractivity contribution in [2.24, 2.45) is 5.14 Å². The number of rotatable bonds is 7. The fourth-order valence-corrected chi connectivity index (χ4v) is 3.32. The van der Waals surface area contributed by atoms with Crippen LogP contribution in [0.1, 0.15) is 11.3 Å². The molecular formula is C19H17FN8O2S. The average molecular weight is 440 g/mol. The molecule has 0 spiro atoms. The van der Waals surface area contributed by atoms with E-state index in [-0.39, 0.29) is 16.7 Å². The molecule has 4 aromatic rings. The predicted octanol–water partition coefficient (Wildman–Crippen LogP) is 2.46. The van der Waals surface area contributed by atoms with E-state index >= 15 is 0 Å². The second-order valence-electron chi connectivity index (χ2n) is 6.55. The summed E-state index contributed by atoms with van der Waals surface area (Å²) in [7, 11) is -3.86. The number of aromatic nitrogens is 5. The third kappa shape index (κ3) is 5.18.